The molecule has 0 spiro atoms. The van der Waals surface area contributed by atoms with Crippen LogP contribution < -0.4 is 19.5 Å². The molecule has 0 atom stereocenters. The number of carbonyl (C=O) groups excluding carboxylic acids is 1. The molecule has 0 bridgehead atoms. The number of amides is 1. The van der Waals surface area contributed by atoms with Crippen LogP contribution in [0.3, 0.4) is 0 Å². The van der Waals surface area contributed by atoms with Gasteiger partial charge < -0.3 is 19.5 Å². The number of methoxy groups -OCH3 is 1. The molecule has 0 saturated carbocycles. The summed E-state index contributed by atoms with van der Waals surface area (Å²) in [4.78, 5) is 13.6. The van der Waals surface area contributed by atoms with Gasteiger partial charge in [-0.3, -0.25) is 4.79 Å². The number of rotatable bonds is 7. The van der Waals surface area contributed by atoms with Crippen LogP contribution in [-0.2, 0) is 21.4 Å². The van der Waals surface area contributed by atoms with Crippen molar-refractivity contribution in [1.82, 2.24) is 9.62 Å². The molecule has 5 rings (SSSR count). The zero-order valence-corrected chi connectivity index (χ0v) is 20.9. The summed E-state index contributed by atoms with van der Waals surface area (Å²) in [6.07, 6.45) is 0.973. The Morgan fingerprint density at radius 3 is 2.69 bits per heavy atom. The zero-order valence-electron chi connectivity index (χ0n) is 19.2. The molecule has 1 aromatic heterocycles. The van der Waals surface area contributed by atoms with Crippen molar-refractivity contribution in [3.63, 3.8) is 0 Å². The molecule has 35 heavy (non-hydrogen) atoms. The second-order valence-corrected chi connectivity index (χ2v) is 11.7. The number of hydrogen-bond acceptors (Lipinski definition) is 7. The van der Waals surface area contributed by atoms with E-state index >= 15 is 0 Å². The summed E-state index contributed by atoms with van der Waals surface area (Å²) in [6, 6.07) is 16.6. The molecule has 0 unspecified atom stereocenters. The fourth-order valence-corrected chi connectivity index (χ4v) is 7.19. The van der Waals surface area contributed by atoms with Crippen molar-refractivity contribution in [2.24, 2.45) is 5.92 Å². The SMILES string of the molecule is COc1cccc(-c2ccc(S(=O)(=O)N3CCC(C(=O)NCc4ccc5c(c4)OCO5)CC3)s2)c1. The Balaban J connectivity index is 1.17. The van der Waals surface area contributed by atoms with Crippen molar-refractivity contribution in [1.29, 1.82) is 0 Å². The Morgan fingerprint density at radius 2 is 1.89 bits per heavy atom. The van der Waals surface area contributed by atoms with Gasteiger partial charge in [-0.2, -0.15) is 4.31 Å². The van der Waals surface area contributed by atoms with Crippen LogP contribution in [0.5, 0.6) is 17.2 Å². The van der Waals surface area contributed by atoms with E-state index in [9.17, 15) is 13.2 Å². The predicted octanol–water partition coefficient (Wildman–Crippen LogP) is 3.87. The molecule has 3 aromatic rings. The molecule has 8 nitrogen and oxygen atoms in total. The van der Waals surface area contributed by atoms with Crippen molar-refractivity contribution < 1.29 is 27.4 Å². The highest BCUT2D eigenvalue weighted by Gasteiger charge is 2.33. The van der Waals surface area contributed by atoms with E-state index in [1.165, 1.54) is 15.6 Å². The van der Waals surface area contributed by atoms with Crippen LogP contribution in [-0.4, -0.2) is 45.6 Å². The quantitative estimate of drug-likeness (QED) is 0.515. The van der Waals surface area contributed by atoms with E-state index in [0.29, 0.717) is 48.2 Å². The molecule has 3 heterocycles. The van der Waals surface area contributed by atoms with E-state index in [0.717, 1.165) is 21.8 Å². The normalized spacial score (nSPS) is 16.3. The third-order valence-corrected chi connectivity index (χ3v) is 9.76. The lowest BCUT2D eigenvalue weighted by molar-refractivity contribution is -0.126. The van der Waals surface area contributed by atoms with Crippen molar-refractivity contribution in [2.45, 2.75) is 23.6 Å². The predicted molar refractivity (Wildman–Crippen MR) is 132 cm³/mol. The molecule has 10 heteroatoms. The largest absolute Gasteiger partial charge is 0.497 e. The first-order valence-corrected chi connectivity index (χ1v) is 13.6. The van der Waals surface area contributed by atoms with E-state index in [-0.39, 0.29) is 18.6 Å². The Bertz CT molecular complexity index is 1330. The monoisotopic (exact) mass is 514 g/mol. The minimum absolute atomic E-state index is 0.0591. The number of nitrogens with zero attached hydrogens (tertiary/aromatic N) is 1. The van der Waals surface area contributed by atoms with Crippen LogP contribution >= 0.6 is 11.3 Å². The van der Waals surface area contributed by atoms with Crippen molar-refractivity contribution in [2.75, 3.05) is 27.0 Å². The average molecular weight is 515 g/mol. The third kappa shape index (κ3) is 5.00. The van der Waals surface area contributed by atoms with Gasteiger partial charge in [-0.25, -0.2) is 8.42 Å². The summed E-state index contributed by atoms with van der Waals surface area (Å²) in [5, 5.41) is 2.96. The lowest BCUT2D eigenvalue weighted by Crippen LogP contribution is -2.42. The van der Waals surface area contributed by atoms with Gasteiger partial charge in [0.05, 0.1) is 7.11 Å². The fourth-order valence-electron chi connectivity index (χ4n) is 4.26. The summed E-state index contributed by atoms with van der Waals surface area (Å²) >= 11 is 1.24. The number of hydrogen-bond donors (Lipinski definition) is 1. The molecule has 1 amide bonds. The summed E-state index contributed by atoms with van der Waals surface area (Å²) in [6.45, 7) is 1.23. The number of thiophene rings is 1. The Hall–Kier alpha value is -3.08. The van der Waals surface area contributed by atoms with Crippen LogP contribution in [0.1, 0.15) is 18.4 Å². The van der Waals surface area contributed by atoms with Gasteiger partial charge in [-0.1, -0.05) is 18.2 Å². The molecule has 0 aliphatic carbocycles. The van der Waals surface area contributed by atoms with Crippen molar-refractivity contribution >= 4 is 27.3 Å². The zero-order chi connectivity index (χ0) is 24.4. The molecule has 0 radical (unpaired) electrons. The summed E-state index contributed by atoms with van der Waals surface area (Å²) < 4.78 is 44.2. The minimum atomic E-state index is -3.61. The molecule has 1 fully saturated rings. The molecule has 1 saturated heterocycles. The Kier molecular flexibility index (Phi) is 6.68. The van der Waals surface area contributed by atoms with Crippen LogP contribution in [0.2, 0.25) is 0 Å². The standard InChI is InChI=1S/C25H26N2O6S2/c1-31-20-4-2-3-19(14-20)23-7-8-24(34-23)35(29,30)27-11-9-18(10-12-27)25(28)26-15-17-5-6-21-22(13-17)33-16-32-21/h2-8,13-14,18H,9-12,15-16H2,1H3,(H,26,28). The molecule has 184 valence electrons. The molecular formula is C25H26N2O6S2. The maximum atomic E-state index is 13.2. The number of carbonyl (C=O) groups is 1. The lowest BCUT2D eigenvalue weighted by atomic mass is 9.97. The number of benzene rings is 2. The van der Waals surface area contributed by atoms with Crippen molar-refractivity contribution in [3.05, 3.63) is 60.2 Å². The topological polar surface area (TPSA) is 94.2 Å². The van der Waals surface area contributed by atoms with Gasteiger partial charge in [-0.15, -0.1) is 11.3 Å². The Labute approximate surface area is 208 Å². The first-order valence-electron chi connectivity index (χ1n) is 11.3. The molecule has 2 aliphatic rings. The second-order valence-electron chi connectivity index (χ2n) is 8.43. The maximum Gasteiger partial charge on any atom is 0.252 e. The maximum absolute atomic E-state index is 13.2. The summed E-state index contributed by atoms with van der Waals surface area (Å²) in [5.74, 6) is 1.83. The number of piperidine rings is 1. The Morgan fingerprint density at radius 1 is 1.09 bits per heavy atom. The summed E-state index contributed by atoms with van der Waals surface area (Å²) in [5.41, 5.74) is 1.83. The first kappa shape index (κ1) is 23.7. The van der Waals surface area contributed by atoms with E-state index < -0.39 is 10.0 Å². The molecular weight excluding hydrogens is 488 g/mol. The highest BCUT2D eigenvalue weighted by atomic mass is 32.2. The van der Waals surface area contributed by atoms with Gasteiger partial charge in [0, 0.05) is 30.4 Å². The van der Waals surface area contributed by atoms with Crippen LogP contribution in [0.4, 0.5) is 0 Å². The number of fused-ring (bicyclic) bond motifs is 1. The third-order valence-electron chi connectivity index (χ3n) is 6.26. The van der Waals surface area contributed by atoms with Crippen molar-refractivity contribution in [3.8, 4) is 27.7 Å². The highest BCUT2D eigenvalue weighted by Crippen LogP contribution is 2.35. The van der Waals surface area contributed by atoms with Gasteiger partial charge in [-0.05, 0) is 60.4 Å². The molecule has 2 aliphatic heterocycles. The second kappa shape index (κ2) is 9.88. The molecule has 2 aromatic carbocycles. The van der Waals surface area contributed by atoms with E-state index in [2.05, 4.69) is 5.32 Å². The summed E-state index contributed by atoms with van der Waals surface area (Å²) in [7, 11) is -2.01. The average Bonchev–Trinajstić information content (AvgIpc) is 3.57. The van der Waals surface area contributed by atoms with Gasteiger partial charge in [0.15, 0.2) is 11.5 Å². The number of nitrogens with one attached hydrogen (secondary N) is 1. The van der Waals surface area contributed by atoms with Gasteiger partial charge in [0.25, 0.3) is 10.0 Å². The van der Waals surface area contributed by atoms with E-state index in [1.54, 1.807) is 13.2 Å². The fraction of sp³-hybridized carbons (Fsp3) is 0.320. The molecule has 1 N–H and O–H groups in total. The number of sulfonamides is 1. The van der Waals surface area contributed by atoms with E-state index in [1.807, 2.05) is 48.5 Å². The lowest BCUT2D eigenvalue weighted by Gasteiger charge is -2.30. The van der Waals surface area contributed by atoms with Gasteiger partial charge >= 0.3 is 0 Å². The smallest absolute Gasteiger partial charge is 0.252 e. The number of ether oxygens (including phenoxy) is 3. The van der Waals surface area contributed by atoms with Crippen LogP contribution in [0, 0.1) is 5.92 Å². The van der Waals surface area contributed by atoms with Crippen LogP contribution in [0.15, 0.2) is 58.8 Å². The highest BCUT2D eigenvalue weighted by molar-refractivity contribution is 7.91. The van der Waals surface area contributed by atoms with E-state index in [4.69, 9.17) is 14.2 Å². The van der Waals surface area contributed by atoms with Crippen LogP contribution in [0.25, 0.3) is 10.4 Å². The minimum Gasteiger partial charge on any atom is -0.497 e. The first-order chi connectivity index (χ1) is 16.9. The van der Waals surface area contributed by atoms with Gasteiger partial charge in [0.1, 0.15) is 9.96 Å². The van der Waals surface area contributed by atoms with Gasteiger partial charge in [0.2, 0.25) is 12.7 Å².